The van der Waals surface area contributed by atoms with Crippen molar-refractivity contribution in [2.75, 3.05) is 0 Å². The molecule has 3 nitrogen and oxygen atoms in total. The molecular formula is C64H49N3. The molecule has 1 aromatic heterocycles. The van der Waals surface area contributed by atoms with Crippen molar-refractivity contribution < 1.29 is 0 Å². The van der Waals surface area contributed by atoms with Crippen molar-refractivity contribution in [1.82, 2.24) is 9.88 Å². The number of benzene rings is 8. The average Bonchev–Trinajstić information content (AvgIpc) is 3.74. The van der Waals surface area contributed by atoms with Gasteiger partial charge < -0.3 is 9.88 Å². The van der Waals surface area contributed by atoms with Gasteiger partial charge in [0.1, 0.15) is 6.17 Å². The molecule has 11 rings (SSSR count). The molecule has 3 heteroatoms. The van der Waals surface area contributed by atoms with Crippen LogP contribution in [0.15, 0.2) is 272 Å². The van der Waals surface area contributed by atoms with Crippen molar-refractivity contribution >= 4 is 33.2 Å². The van der Waals surface area contributed by atoms with E-state index in [4.69, 9.17) is 4.99 Å². The molecule has 0 radical (unpaired) electrons. The third-order valence-corrected chi connectivity index (χ3v) is 13.1. The number of fused-ring (bicyclic) bond motifs is 3. The van der Waals surface area contributed by atoms with Crippen LogP contribution in [0.2, 0.25) is 0 Å². The Hall–Kier alpha value is -8.53. The zero-order valence-electron chi connectivity index (χ0n) is 37.3. The highest BCUT2D eigenvalue weighted by Gasteiger charge is 2.27. The molecule has 0 amide bonds. The van der Waals surface area contributed by atoms with Gasteiger partial charge in [0.15, 0.2) is 0 Å². The molecule has 0 spiro atoms. The van der Waals surface area contributed by atoms with Gasteiger partial charge in [0.05, 0.1) is 22.4 Å². The molecule has 8 aromatic carbocycles. The number of nitrogens with one attached hydrogen (secondary N) is 1. The van der Waals surface area contributed by atoms with Crippen LogP contribution in [-0.4, -0.2) is 10.3 Å². The smallest absolute Gasteiger partial charge is 0.145 e. The molecule has 9 aromatic rings. The van der Waals surface area contributed by atoms with Gasteiger partial charge >= 0.3 is 0 Å². The fraction of sp³-hybridized carbons (Fsp3) is 0.0469. The SMILES string of the molecule is C=C/C=C(\C=C)C1=CCC(c2cc(C3=CC(c4ccccc4)=NC(c4ccccc4)N3)cc(-c3ccc(-c4ccccc4)cc3)c2-n2c3ccccc3c3cc(-c4ccccc4)ccc32)C=C1. The summed E-state index contributed by atoms with van der Waals surface area (Å²) < 4.78 is 2.53. The zero-order valence-corrected chi connectivity index (χ0v) is 37.3. The minimum absolute atomic E-state index is 0.0482. The third-order valence-electron chi connectivity index (χ3n) is 13.1. The zero-order chi connectivity index (χ0) is 45.1. The Morgan fingerprint density at radius 2 is 1.16 bits per heavy atom. The molecule has 0 fully saturated rings. The summed E-state index contributed by atoms with van der Waals surface area (Å²) in [6, 6.07) is 72.2. The summed E-state index contributed by atoms with van der Waals surface area (Å²) >= 11 is 0. The van der Waals surface area contributed by atoms with Crippen LogP contribution in [0.5, 0.6) is 0 Å². The largest absolute Gasteiger partial charge is 0.360 e. The van der Waals surface area contributed by atoms with Crippen LogP contribution in [0, 0.1) is 0 Å². The highest BCUT2D eigenvalue weighted by atomic mass is 15.1. The minimum Gasteiger partial charge on any atom is -0.360 e. The summed E-state index contributed by atoms with van der Waals surface area (Å²) in [6.07, 6.45) is 15.5. The van der Waals surface area contributed by atoms with Crippen LogP contribution in [0.25, 0.3) is 66.6 Å². The van der Waals surface area contributed by atoms with Crippen molar-refractivity contribution in [2.24, 2.45) is 4.99 Å². The van der Waals surface area contributed by atoms with Gasteiger partial charge in [0.25, 0.3) is 0 Å². The second-order valence-electron chi connectivity index (χ2n) is 17.2. The van der Waals surface area contributed by atoms with Gasteiger partial charge in [0, 0.05) is 28.0 Å². The van der Waals surface area contributed by atoms with Crippen LogP contribution < -0.4 is 5.32 Å². The Labute approximate surface area is 393 Å². The number of para-hydroxylation sites is 1. The standard InChI is InChI=1S/C64H49N3/c1-3-19-44(4-2)47-30-34-49(35-31-47)56-41-54(60-43-59(51-24-13-7-14-25-51)65-64(66-60)52-26-15-8-16-27-52)42-57(50-36-32-48(33-37-50)45-20-9-5-10-21-45)63(56)67-61-29-18-17-28-55(61)58-40-53(38-39-62(58)67)46-22-11-6-12-23-46/h3-34,36-43,49,64,66H,1-2,35H2/b44-19+. The van der Waals surface area contributed by atoms with Crippen molar-refractivity contribution in [1.29, 1.82) is 0 Å². The number of nitrogens with zero attached hydrogens (tertiary/aromatic N) is 2. The van der Waals surface area contributed by atoms with Gasteiger partial charge in [-0.2, -0.15) is 0 Å². The quantitative estimate of drug-likeness (QED) is 0.129. The number of rotatable bonds is 11. The highest BCUT2D eigenvalue weighted by molar-refractivity contribution is 6.14. The van der Waals surface area contributed by atoms with Crippen molar-refractivity contribution in [2.45, 2.75) is 18.5 Å². The van der Waals surface area contributed by atoms with Crippen LogP contribution in [-0.2, 0) is 0 Å². The van der Waals surface area contributed by atoms with Gasteiger partial charge in [-0.1, -0.05) is 219 Å². The number of hydrogen-bond acceptors (Lipinski definition) is 2. The van der Waals surface area contributed by atoms with Gasteiger partial charge in [-0.25, -0.2) is 0 Å². The monoisotopic (exact) mass is 859 g/mol. The van der Waals surface area contributed by atoms with Crippen molar-refractivity contribution in [3.63, 3.8) is 0 Å². The van der Waals surface area contributed by atoms with E-state index in [0.717, 1.165) is 67.8 Å². The summed E-state index contributed by atoms with van der Waals surface area (Å²) in [5.74, 6) is 0.0482. The Bertz CT molecular complexity index is 3460. The molecule has 320 valence electrons. The molecule has 67 heavy (non-hydrogen) atoms. The molecule has 0 saturated carbocycles. The average molecular weight is 860 g/mol. The second kappa shape index (κ2) is 18.2. The van der Waals surface area contributed by atoms with Crippen molar-refractivity contribution in [3.05, 3.63) is 289 Å². The molecule has 1 aliphatic heterocycles. The Balaban J connectivity index is 1.19. The first-order valence-electron chi connectivity index (χ1n) is 23.1. The second-order valence-corrected chi connectivity index (χ2v) is 17.2. The molecule has 0 bridgehead atoms. The maximum atomic E-state index is 5.32. The van der Waals surface area contributed by atoms with E-state index in [9.17, 15) is 0 Å². The molecule has 2 aliphatic rings. The molecule has 2 heterocycles. The fourth-order valence-electron chi connectivity index (χ4n) is 9.80. The van der Waals surface area contributed by atoms with E-state index >= 15 is 0 Å². The number of allylic oxidation sites excluding steroid dienone is 9. The fourth-order valence-corrected chi connectivity index (χ4v) is 9.80. The van der Waals surface area contributed by atoms with Gasteiger partial charge in [-0.05, 0) is 104 Å². The number of hydrogen-bond donors (Lipinski definition) is 1. The predicted octanol–water partition coefficient (Wildman–Crippen LogP) is 16.2. The number of aliphatic imine (C=N–C) groups is 1. The minimum atomic E-state index is -0.279. The number of aromatic nitrogens is 1. The molecule has 2 atom stereocenters. The van der Waals surface area contributed by atoms with E-state index < -0.39 is 0 Å². The topological polar surface area (TPSA) is 29.3 Å². The highest BCUT2D eigenvalue weighted by Crippen LogP contribution is 2.45. The van der Waals surface area contributed by atoms with E-state index in [1.165, 1.54) is 44.3 Å². The van der Waals surface area contributed by atoms with Gasteiger partial charge in [-0.15, -0.1) is 0 Å². The van der Waals surface area contributed by atoms with E-state index in [-0.39, 0.29) is 12.1 Å². The van der Waals surface area contributed by atoms with Gasteiger partial charge in [0.2, 0.25) is 0 Å². The lowest BCUT2D eigenvalue weighted by molar-refractivity contribution is 0.664. The molecule has 1 N–H and O–H groups in total. The summed E-state index contributed by atoms with van der Waals surface area (Å²) in [7, 11) is 0. The normalized spacial score (nSPS) is 15.9. The molecule has 2 unspecified atom stereocenters. The lowest BCUT2D eigenvalue weighted by Gasteiger charge is -2.28. The van der Waals surface area contributed by atoms with Gasteiger partial charge in [-0.3, -0.25) is 4.99 Å². The van der Waals surface area contributed by atoms with E-state index in [1.54, 1.807) is 0 Å². The Morgan fingerprint density at radius 1 is 0.567 bits per heavy atom. The summed E-state index contributed by atoms with van der Waals surface area (Å²) in [5, 5.41) is 6.35. The summed E-state index contributed by atoms with van der Waals surface area (Å²) in [5.41, 5.74) is 19.2. The Morgan fingerprint density at radius 3 is 1.84 bits per heavy atom. The van der Waals surface area contributed by atoms with Crippen LogP contribution >= 0.6 is 0 Å². The lowest BCUT2D eigenvalue weighted by atomic mass is 9.83. The molecular weight excluding hydrogens is 811 g/mol. The maximum Gasteiger partial charge on any atom is 0.145 e. The van der Waals surface area contributed by atoms with E-state index in [0.29, 0.717) is 0 Å². The van der Waals surface area contributed by atoms with Crippen LogP contribution in [0.3, 0.4) is 0 Å². The third kappa shape index (κ3) is 8.02. The summed E-state index contributed by atoms with van der Waals surface area (Å²) in [6.45, 7) is 8.12. The molecule has 0 saturated heterocycles. The first-order valence-corrected chi connectivity index (χ1v) is 23.1. The predicted molar refractivity (Wildman–Crippen MR) is 283 cm³/mol. The van der Waals surface area contributed by atoms with Crippen LogP contribution in [0.4, 0.5) is 0 Å². The first-order chi connectivity index (χ1) is 33.1. The Kier molecular flexibility index (Phi) is 11.2. The first kappa shape index (κ1) is 41.2. The van der Waals surface area contributed by atoms with Crippen molar-refractivity contribution in [3.8, 4) is 39.1 Å². The van der Waals surface area contributed by atoms with E-state index in [2.05, 4.69) is 248 Å². The lowest BCUT2D eigenvalue weighted by Crippen LogP contribution is -2.25. The van der Waals surface area contributed by atoms with E-state index in [1.807, 2.05) is 18.2 Å². The molecule has 1 aliphatic carbocycles. The van der Waals surface area contributed by atoms with Crippen LogP contribution in [0.1, 0.15) is 40.8 Å². The summed E-state index contributed by atoms with van der Waals surface area (Å²) in [4.78, 5) is 5.32. The maximum absolute atomic E-state index is 5.32.